The summed E-state index contributed by atoms with van der Waals surface area (Å²) in [6.07, 6.45) is 1.06. The molecule has 1 aliphatic rings. The van der Waals surface area contributed by atoms with Crippen molar-refractivity contribution in [3.63, 3.8) is 0 Å². The zero-order chi connectivity index (χ0) is 22.8. The number of halogens is 1. The molecule has 7 heteroatoms. The van der Waals surface area contributed by atoms with E-state index in [9.17, 15) is 9.18 Å². The highest BCUT2D eigenvalue weighted by molar-refractivity contribution is 5.94. The van der Waals surface area contributed by atoms with Gasteiger partial charge in [0, 0.05) is 37.7 Å². The number of rotatable bonds is 9. The summed E-state index contributed by atoms with van der Waals surface area (Å²) in [6.45, 7) is 8.53. The van der Waals surface area contributed by atoms with Crippen LogP contribution in [0.4, 0.5) is 4.39 Å². The molecule has 2 aromatic rings. The lowest BCUT2D eigenvalue weighted by Gasteiger charge is -2.21. The van der Waals surface area contributed by atoms with Crippen LogP contribution in [0.5, 0.6) is 0 Å². The monoisotopic (exact) mass is 440 g/mol. The van der Waals surface area contributed by atoms with Crippen molar-refractivity contribution < 1.29 is 13.9 Å². The maximum absolute atomic E-state index is 13.7. The van der Waals surface area contributed by atoms with Crippen LogP contribution >= 0.6 is 0 Å². The molecule has 0 aromatic heterocycles. The Bertz CT molecular complexity index is 904. The number of amides is 1. The smallest absolute Gasteiger partial charge is 0.251 e. The van der Waals surface area contributed by atoms with Crippen molar-refractivity contribution in [3.05, 3.63) is 71.0 Å². The molecular weight excluding hydrogens is 407 g/mol. The summed E-state index contributed by atoms with van der Waals surface area (Å²) in [4.78, 5) is 19.1. The summed E-state index contributed by atoms with van der Waals surface area (Å²) in [5.74, 6) is 0.662. The summed E-state index contributed by atoms with van der Waals surface area (Å²) in [6, 6.07) is 14.7. The van der Waals surface area contributed by atoms with Gasteiger partial charge in [0.2, 0.25) is 0 Å². The van der Waals surface area contributed by atoms with Gasteiger partial charge in [0.05, 0.1) is 19.8 Å². The van der Waals surface area contributed by atoms with Gasteiger partial charge in [-0.3, -0.25) is 9.79 Å². The molecule has 6 nitrogen and oxygen atoms in total. The second-order valence-electron chi connectivity index (χ2n) is 8.06. The van der Waals surface area contributed by atoms with E-state index in [-0.39, 0.29) is 11.7 Å². The van der Waals surface area contributed by atoms with E-state index in [1.54, 1.807) is 19.1 Å². The van der Waals surface area contributed by atoms with Crippen LogP contribution in [-0.4, -0.2) is 56.1 Å². The zero-order valence-corrected chi connectivity index (χ0v) is 18.9. The van der Waals surface area contributed by atoms with Crippen molar-refractivity contribution in [2.24, 2.45) is 10.9 Å². The lowest BCUT2D eigenvalue weighted by Crippen LogP contribution is -2.40. The van der Waals surface area contributed by atoms with Crippen LogP contribution in [0.15, 0.2) is 53.5 Å². The number of aryl methyl sites for hydroxylation is 1. The van der Waals surface area contributed by atoms with Gasteiger partial charge >= 0.3 is 0 Å². The molecule has 172 valence electrons. The number of nitrogens with one attached hydrogen (secondary N) is 2. The summed E-state index contributed by atoms with van der Waals surface area (Å²) in [5, 5.41) is 6.14. The number of hydrogen-bond acceptors (Lipinski definition) is 3. The molecule has 1 aliphatic heterocycles. The number of ether oxygens (including phenoxy) is 1. The van der Waals surface area contributed by atoms with E-state index in [1.807, 2.05) is 25.1 Å². The normalized spacial score (nSPS) is 16.3. The van der Waals surface area contributed by atoms with Crippen LogP contribution in [0, 0.1) is 18.7 Å². The molecule has 0 radical (unpaired) electrons. The average Bonchev–Trinajstić information content (AvgIpc) is 3.27. The molecule has 2 N–H and O–H groups in total. The van der Waals surface area contributed by atoms with Crippen LogP contribution in [-0.2, 0) is 11.3 Å². The first kappa shape index (κ1) is 23.7. The van der Waals surface area contributed by atoms with E-state index in [2.05, 4.69) is 32.7 Å². The number of hydrogen-bond donors (Lipinski definition) is 2. The molecule has 0 saturated carbocycles. The molecule has 1 amide bonds. The SMILES string of the molecule is CCNC(=NCCNC(=O)c1ccc(C)c(F)c1)N1CCC(COCc2ccccc2)C1. The Morgan fingerprint density at radius 3 is 2.78 bits per heavy atom. The fourth-order valence-electron chi connectivity index (χ4n) is 3.67. The van der Waals surface area contributed by atoms with Gasteiger partial charge < -0.3 is 20.3 Å². The average molecular weight is 441 g/mol. The molecule has 2 aromatic carbocycles. The number of benzene rings is 2. The molecular formula is C25H33FN4O2. The third kappa shape index (κ3) is 7.05. The Labute approximate surface area is 189 Å². The topological polar surface area (TPSA) is 66.0 Å². The van der Waals surface area contributed by atoms with Gasteiger partial charge in [-0.25, -0.2) is 4.39 Å². The van der Waals surface area contributed by atoms with Gasteiger partial charge in [-0.05, 0) is 43.5 Å². The van der Waals surface area contributed by atoms with E-state index >= 15 is 0 Å². The summed E-state index contributed by atoms with van der Waals surface area (Å²) >= 11 is 0. The number of nitrogens with zero attached hydrogens (tertiary/aromatic N) is 2. The third-order valence-corrected chi connectivity index (χ3v) is 5.48. The Morgan fingerprint density at radius 1 is 1.22 bits per heavy atom. The second-order valence-corrected chi connectivity index (χ2v) is 8.06. The van der Waals surface area contributed by atoms with Gasteiger partial charge in [-0.1, -0.05) is 36.4 Å². The van der Waals surface area contributed by atoms with Crippen molar-refractivity contribution in [1.82, 2.24) is 15.5 Å². The van der Waals surface area contributed by atoms with Crippen LogP contribution in [0.3, 0.4) is 0 Å². The predicted octanol–water partition coefficient (Wildman–Crippen LogP) is 3.37. The number of guanidine groups is 1. The van der Waals surface area contributed by atoms with Crippen molar-refractivity contribution in [3.8, 4) is 0 Å². The van der Waals surface area contributed by atoms with Crippen LogP contribution in [0.2, 0.25) is 0 Å². The summed E-state index contributed by atoms with van der Waals surface area (Å²) in [7, 11) is 0. The van der Waals surface area contributed by atoms with E-state index in [0.29, 0.717) is 36.7 Å². The highest BCUT2D eigenvalue weighted by Gasteiger charge is 2.25. The Morgan fingerprint density at radius 2 is 2.03 bits per heavy atom. The highest BCUT2D eigenvalue weighted by atomic mass is 19.1. The molecule has 0 spiro atoms. The lowest BCUT2D eigenvalue weighted by molar-refractivity contribution is 0.0906. The third-order valence-electron chi connectivity index (χ3n) is 5.48. The summed E-state index contributed by atoms with van der Waals surface area (Å²) < 4.78 is 19.6. The molecule has 0 aliphatic carbocycles. The molecule has 1 saturated heterocycles. The Hall–Kier alpha value is -2.93. The first-order valence-electron chi connectivity index (χ1n) is 11.3. The lowest BCUT2D eigenvalue weighted by atomic mass is 10.1. The molecule has 1 fully saturated rings. The van der Waals surface area contributed by atoms with Crippen molar-refractivity contribution in [1.29, 1.82) is 0 Å². The van der Waals surface area contributed by atoms with E-state index in [4.69, 9.17) is 4.74 Å². The van der Waals surface area contributed by atoms with Gasteiger partial charge in [0.1, 0.15) is 5.82 Å². The number of carbonyl (C=O) groups is 1. The second kappa shape index (κ2) is 12.2. The van der Waals surface area contributed by atoms with Crippen molar-refractivity contribution in [2.45, 2.75) is 26.9 Å². The molecule has 1 unspecified atom stereocenters. The first-order chi connectivity index (χ1) is 15.6. The fourth-order valence-corrected chi connectivity index (χ4v) is 3.67. The fraction of sp³-hybridized carbons (Fsp3) is 0.440. The van der Waals surface area contributed by atoms with Gasteiger partial charge in [-0.15, -0.1) is 0 Å². The minimum Gasteiger partial charge on any atom is -0.376 e. The van der Waals surface area contributed by atoms with Gasteiger partial charge in [0.15, 0.2) is 5.96 Å². The van der Waals surface area contributed by atoms with Crippen molar-refractivity contribution in [2.75, 3.05) is 39.3 Å². The van der Waals surface area contributed by atoms with Crippen LogP contribution in [0.1, 0.15) is 34.8 Å². The van der Waals surface area contributed by atoms with E-state index in [1.165, 1.54) is 11.6 Å². The van der Waals surface area contributed by atoms with Gasteiger partial charge in [-0.2, -0.15) is 0 Å². The Kier molecular flexibility index (Phi) is 9.04. The minimum atomic E-state index is -0.374. The molecule has 0 bridgehead atoms. The molecule has 1 atom stereocenters. The standard InChI is InChI=1S/C25H33FN4O2/c1-3-27-25(29-13-12-28-24(31)22-10-9-19(2)23(26)15-22)30-14-11-21(16-30)18-32-17-20-7-5-4-6-8-20/h4-10,15,21H,3,11-14,16-18H2,1-2H3,(H,27,29)(H,28,31). The largest absolute Gasteiger partial charge is 0.376 e. The zero-order valence-electron chi connectivity index (χ0n) is 18.9. The molecule has 1 heterocycles. The number of aliphatic imine (C=N–C) groups is 1. The predicted molar refractivity (Wildman–Crippen MR) is 125 cm³/mol. The maximum atomic E-state index is 13.7. The van der Waals surface area contributed by atoms with Crippen LogP contribution in [0.25, 0.3) is 0 Å². The van der Waals surface area contributed by atoms with Crippen LogP contribution < -0.4 is 10.6 Å². The molecule has 3 rings (SSSR count). The number of likely N-dealkylation sites (tertiary alicyclic amines) is 1. The minimum absolute atomic E-state index is 0.291. The maximum Gasteiger partial charge on any atom is 0.251 e. The summed E-state index contributed by atoms with van der Waals surface area (Å²) in [5.41, 5.74) is 2.03. The van der Waals surface area contributed by atoms with Crippen molar-refractivity contribution >= 4 is 11.9 Å². The molecule has 32 heavy (non-hydrogen) atoms. The van der Waals surface area contributed by atoms with Gasteiger partial charge in [0.25, 0.3) is 5.91 Å². The Balaban J connectivity index is 1.42. The highest BCUT2D eigenvalue weighted by Crippen LogP contribution is 2.17. The van der Waals surface area contributed by atoms with E-state index < -0.39 is 0 Å². The van der Waals surface area contributed by atoms with E-state index in [0.717, 1.165) is 38.6 Å². The first-order valence-corrected chi connectivity index (χ1v) is 11.3. The number of carbonyl (C=O) groups excluding carboxylic acids is 1. The quantitative estimate of drug-likeness (QED) is 0.357.